The third-order valence-corrected chi connectivity index (χ3v) is 6.55. The maximum absolute atomic E-state index is 12.9. The summed E-state index contributed by atoms with van der Waals surface area (Å²) in [5.74, 6) is -0.0211. The molecule has 0 atom stereocenters. The molecule has 0 saturated heterocycles. The number of H-pyrrole nitrogens is 1. The molecule has 1 N–H and O–H groups in total. The van der Waals surface area contributed by atoms with Gasteiger partial charge in [0, 0.05) is 32.1 Å². The highest BCUT2D eigenvalue weighted by molar-refractivity contribution is 7.89. The van der Waals surface area contributed by atoms with Gasteiger partial charge in [0.25, 0.3) is 0 Å². The molecule has 0 spiro atoms. The number of hydrogen-bond acceptors (Lipinski definition) is 4. The van der Waals surface area contributed by atoms with Gasteiger partial charge in [0.15, 0.2) is 0 Å². The fourth-order valence-electron chi connectivity index (χ4n) is 3.41. The number of carbonyl (C=O) groups is 1. The van der Waals surface area contributed by atoms with Gasteiger partial charge in [0.1, 0.15) is 0 Å². The first-order valence-corrected chi connectivity index (χ1v) is 9.33. The number of rotatable bonds is 2. The number of benzene rings is 1. The van der Waals surface area contributed by atoms with Crippen molar-refractivity contribution < 1.29 is 13.2 Å². The van der Waals surface area contributed by atoms with Crippen LogP contribution in [0.15, 0.2) is 29.4 Å². The fourth-order valence-corrected chi connectivity index (χ4v) is 4.87. The fraction of sp³-hybridized carbons (Fsp3) is 0.375. The number of imidazole rings is 1. The molecule has 3 heterocycles. The molecule has 0 unspecified atom stereocenters. The zero-order chi connectivity index (χ0) is 16.9. The van der Waals surface area contributed by atoms with Gasteiger partial charge in [-0.25, -0.2) is 13.4 Å². The molecule has 24 heavy (non-hydrogen) atoms. The standard InChI is InChI=1S/C16H18N4O3S/c1-11(21)20-7-4-12-8-13(2-3-16(12)20)24(22,23)19-6-5-14-15(9-19)18-10-17-14/h2-3,8,10H,4-7,9H2,1H3,(H,17,18). The van der Waals surface area contributed by atoms with Crippen molar-refractivity contribution in [3.8, 4) is 0 Å². The molecule has 2 aliphatic heterocycles. The number of aromatic nitrogens is 2. The Labute approximate surface area is 140 Å². The molecule has 0 saturated carbocycles. The van der Waals surface area contributed by atoms with Gasteiger partial charge in [0.05, 0.1) is 29.2 Å². The third-order valence-electron chi connectivity index (χ3n) is 4.70. The Bertz CT molecular complexity index is 919. The molecule has 1 aromatic carbocycles. The summed E-state index contributed by atoms with van der Waals surface area (Å²) < 4.78 is 27.4. The van der Waals surface area contributed by atoms with Gasteiger partial charge in [-0.2, -0.15) is 4.31 Å². The minimum absolute atomic E-state index is 0.0211. The van der Waals surface area contributed by atoms with E-state index >= 15 is 0 Å². The lowest BCUT2D eigenvalue weighted by molar-refractivity contribution is -0.116. The van der Waals surface area contributed by atoms with Crippen LogP contribution >= 0.6 is 0 Å². The van der Waals surface area contributed by atoms with E-state index in [9.17, 15) is 13.2 Å². The summed E-state index contributed by atoms with van der Waals surface area (Å²) in [4.78, 5) is 20.8. The molecule has 4 rings (SSSR count). The Morgan fingerprint density at radius 2 is 2.08 bits per heavy atom. The van der Waals surface area contributed by atoms with Gasteiger partial charge < -0.3 is 9.88 Å². The summed E-state index contributed by atoms with van der Waals surface area (Å²) in [7, 11) is -3.56. The summed E-state index contributed by atoms with van der Waals surface area (Å²) >= 11 is 0. The van der Waals surface area contributed by atoms with E-state index in [2.05, 4.69) is 9.97 Å². The van der Waals surface area contributed by atoms with Crippen molar-refractivity contribution in [1.29, 1.82) is 0 Å². The van der Waals surface area contributed by atoms with Gasteiger partial charge in [-0.3, -0.25) is 4.79 Å². The molecule has 1 aromatic heterocycles. The summed E-state index contributed by atoms with van der Waals surface area (Å²) in [6.07, 6.45) is 2.90. The van der Waals surface area contributed by atoms with E-state index in [0.29, 0.717) is 32.5 Å². The van der Waals surface area contributed by atoms with Crippen LogP contribution in [0.1, 0.15) is 23.9 Å². The van der Waals surface area contributed by atoms with Gasteiger partial charge in [0.2, 0.25) is 15.9 Å². The number of nitrogens with one attached hydrogen (secondary N) is 1. The zero-order valence-electron chi connectivity index (χ0n) is 13.3. The SMILES string of the molecule is CC(=O)N1CCc2cc(S(=O)(=O)N3CCc4nc[nH]c4C3)ccc21. The predicted molar refractivity (Wildman–Crippen MR) is 88.1 cm³/mol. The molecule has 0 radical (unpaired) electrons. The minimum atomic E-state index is -3.56. The highest BCUT2D eigenvalue weighted by Crippen LogP contribution is 2.32. The lowest BCUT2D eigenvalue weighted by Crippen LogP contribution is -2.36. The molecule has 0 fully saturated rings. The van der Waals surface area contributed by atoms with Crippen molar-refractivity contribution in [2.24, 2.45) is 0 Å². The van der Waals surface area contributed by atoms with Gasteiger partial charge >= 0.3 is 0 Å². The summed E-state index contributed by atoms with van der Waals surface area (Å²) in [5.41, 5.74) is 3.52. The monoisotopic (exact) mass is 346 g/mol. The Hall–Kier alpha value is -2.19. The second-order valence-corrected chi connectivity index (χ2v) is 8.07. The number of sulfonamides is 1. The molecule has 2 aromatic rings. The maximum Gasteiger partial charge on any atom is 0.243 e. The number of nitrogens with zero attached hydrogens (tertiary/aromatic N) is 3. The number of aromatic amines is 1. The highest BCUT2D eigenvalue weighted by Gasteiger charge is 2.31. The molecule has 126 valence electrons. The van der Waals surface area contributed by atoms with E-state index in [-0.39, 0.29) is 10.8 Å². The van der Waals surface area contributed by atoms with Crippen molar-refractivity contribution >= 4 is 21.6 Å². The molecule has 0 aliphatic carbocycles. The van der Waals surface area contributed by atoms with Crippen LogP contribution in [0.5, 0.6) is 0 Å². The Kier molecular flexibility index (Phi) is 3.47. The number of hydrogen-bond donors (Lipinski definition) is 1. The van der Waals surface area contributed by atoms with Gasteiger partial charge in [-0.1, -0.05) is 0 Å². The number of anilines is 1. The van der Waals surface area contributed by atoms with Crippen molar-refractivity contribution in [3.05, 3.63) is 41.5 Å². The van der Waals surface area contributed by atoms with Crippen LogP contribution in [0.25, 0.3) is 0 Å². The summed E-state index contributed by atoms with van der Waals surface area (Å²) in [6.45, 7) is 2.87. The van der Waals surface area contributed by atoms with Crippen molar-refractivity contribution in [2.45, 2.75) is 31.2 Å². The highest BCUT2D eigenvalue weighted by atomic mass is 32.2. The Balaban J connectivity index is 1.65. The molecule has 0 bridgehead atoms. The lowest BCUT2D eigenvalue weighted by Gasteiger charge is -2.25. The molecule has 7 nitrogen and oxygen atoms in total. The lowest BCUT2D eigenvalue weighted by atomic mass is 10.2. The molecule has 2 aliphatic rings. The van der Waals surface area contributed by atoms with E-state index in [1.165, 1.54) is 11.2 Å². The van der Waals surface area contributed by atoms with E-state index in [1.54, 1.807) is 29.4 Å². The van der Waals surface area contributed by atoms with Crippen LogP contribution < -0.4 is 4.90 Å². The second-order valence-electron chi connectivity index (χ2n) is 6.13. The largest absolute Gasteiger partial charge is 0.347 e. The molecule has 1 amide bonds. The number of fused-ring (bicyclic) bond motifs is 2. The molecule has 8 heteroatoms. The van der Waals surface area contributed by atoms with E-state index < -0.39 is 10.0 Å². The third kappa shape index (κ3) is 2.33. The van der Waals surface area contributed by atoms with E-state index in [0.717, 1.165) is 22.6 Å². The first-order chi connectivity index (χ1) is 11.5. The average molecular weight is 346 g/mol. The predicted octanol–water partition coefficient (Wildman–Crippen LogP) is 1.07. The summed E-state index contributed by atoms with van der Waals surface area (Å²) in [6, 6.07) is 5.04. The first-order valence-electron chi connectivity index (χ1n) is 7.89. The van der Waals surface area contributed by atoms with Crippen LogP contribution in [0.3, 0.4) is 0 Å². The molecular formula is C16H18N4O3S. The van der Waals surface area contributed by atoms with Crippen molar-refractivity contribution in [3.63, 3.8) is 0 Å². The molecular weight excluding hydrogens is 328 g/mol. The first kappa shape index (κ1) is 15.3. The van der Waals surface area contributed by atoms with Crippen LogP contribution in [0, 0.1) is 0 Å². The van der Waals surface area contributed by atoms with Crippen LogP contribution in [-0.4, -0.2) is 41.7 Å². The normalized spacial score (nSPS) is 17.6. The van der Waals surface area contributed by atoms with Crippen LogP contribution in [-0.2, 0) is 34.2 Å². The van der Waals surface area contributed by atoms with Crippen LogP contribution in [0.2, 0.25) is 0 Å². The van der Waals surface area contributed by atoms with Gasteiger partial charge in [-0.15, -0.1) is 0 Å². The minimum Gasteiger partial charge on any atom is -0.347 e. The average Bonchev–Trinajstić information content (AvgIpc) is 3.19. The topological polar surface area (TPSA) is 86.4 Å². The van der Waals surface area contributed by atoms with Gasteiger partial charge in [-0.05, 0) is 30.2 Å². The quantitative estimate of drug-likeness (QED) is 0.881. The Morgan fingerprint density at radius 1 is 1.25 bits per heavy atom. The van der Waals surface area contributed by atoms with E-state index in [4.69, 9.17) is 0 Å². The van der Waals surface area contributed by atoms with Crippen molar-refractivity contribution in [1.82, 2.24) is 14.3 Å². The second kappa shape index (κ2) is 5.42. The van der Waals surface area contributed by atoms with Crippen LogP contribution in [0.4, 0.5) is 5.69 Å². The maximum atomic E-state index is 12.9. The number of carbonyl (C=O) groups excluding carboxylic acids is 1. The summed E-state index contributed by atoms with van der Waals surface area (Å²) in [5, 5.41) is 0. The van der Waals surface area contributed by atoms with Crippen molar-refractivity contribution in [2.75, 3.05) is 18.0 Å². The smallest absolute Gasteiger partial charge is 0.243 e. The Morgan fingerprint density at radius 3 is 2.88 bits per heavy atom. The zero-order valence-corrected chi connectivity index (χ0v) is 14.1. The van der Waals surface area contributed by atoms with E-state index in [1.807, 2.05) is 0 Å². The number of amides is 1.